The molecule has 104 valence electrons. The largest absolute Gasteiger partial charge is 0.397 e. The molecular formula is C13H20N4O2. The van der Waals surface area contributed by atoms with Crippen molar-refractivity contribution in [2.24, 2.45) is 5.92 Å². The van der Waals surface area contributed by atoms with Gasteiger partial charge < -0.3 is 16.4 Å². The summed E-state index contributed by atoms with van der Waals surface area (Å²) in [5, 5.41) is 5.43. The van der Waals surface area contributed by atoms with Gasteiger partial charge in [0.05, 0.1) is 17.4 Å². The molecule has 0 saturated heterocycles. The van der Waals surface area contributed by atoms with Crippen molar-refractivity contribution in [3.05, 3.63) is 24.0 Å². The molecule has 0 aliphatic heterocycles. The zero-order valence-corrected chi connectivity index (χ0v) is 11.3. The number of anilines is 1. The van der Waals surface area contributed by atoms with Crippen LogP contribution < -0.4 is 16.4 Å². The summed E-state index contributed by atoms with van der Waals surface area (Å²) in [4.78, 5) is 27.0. The van der Waals surface area contributed by atoms with Crippen molar-refractivity contribution in [1.82, 2.24) is 15.6 Å². The van der Waals surface area contributed by atoms with E-state index < -0.39 is 0 Å². The van der Waals surface area contributed by atoms with Crippen LogP contribution in [0.15, 0.2) is 18.5 Å². The summed E-state index contributed by atoms with van der Waals surface area (Å²) in [7, 11) is 0. The highest BCUT2D eigenvalue weighted by molar-refractivity contribution is 5.98. The normalized spacial score (nSPS) is 10.3. The fraction of sp³-hybridized carbons (Fsp3) is 0.462. The summed E-state index contributed by atoms with van der Waals surface area (Å²) < 4.78 is 0. The second-order valence-corrected chi connectivity index (χ2v) is 4.67. The SMILES string of the molecule is CC(C)CNC(=O)CCNC(=O)c1ccncc1N. The van der Waals surface area contributed by atoms with Gasteiger partial charge in [-0.2, -0.15) is 0 Å². The average molecular weight is 264 g/mol. The van der Waals surface area contributed by atoms with Crippen molar-refractivity contribution >= 4 is 17.5 Å². The molecule has 0 spiro atoms. The molecule has 0 atom stereocenters. The zero-order chi connectivity index (χ0) is 14.3. The quantitative estimate of drug-likeness (QED) is 0.699. The Balaban J connectivity index is 2.32. The van der Waals surface area contributed by atoms with Crippen LogP contribution in [-0.4, -0.2) is 29.9 Å². The molecular weight excluding hydrogens is 244 g/mol. The monoisotopic (exact) mass is 264 g/mol. The topological polar surface area (TPSA) is 97.1 Å². The number of hydrogen-bond acceptors (Lipinski definition) is 4. The number of nitrogens with one attached hydrogen (secondary N) is 2. The molecule has 1 aromatic rings. The summed E-state index contributed by atoms with van der Waals surface area (Å²) in [6.45, 7) is 4.97. The van der Waals surface area contributed by atoms with Crippen molar-refractivity contribution in [2.45, 2.75) is 20.3 Å². The molecule has 0 unspecified atom stereocenters. The molecule has 0 fully saturated rings. The lowest BCUT2D eigenvalue weighted by Crippen LogP contribution is -2.32. The lowest BCUT2D eigenvalue weighted by Gasteiger charge is -2.09. The number of nitrogen functional groups attached to an aromatic ring is 1. The van der Waals surface area contributed by atoms with Crippen LogP contribution >= 0.6 is 0 Å². The first-order valence-electron chi connectivity index (χ1n) is 6.25. The lowest BCUT2D eigenvalue weighted by molar-refractivity contribution is -0.121. The van der Waals surface area contributed by atoms with Crippen molar-refractivity contribution in [2.75, 3.05) is 18.8 Å². The summed E-state index contributed by atoms with van der Waals surface area (Å²) in [5.41, 5.74) is 6.33. The van der Waals surface area contributed by atoms with Gasteiger partial charge in [-0.3, -0.25) is 14.6 Å². The molecule has 6 nitrogen and oxygen atoms in total. The fourth-order valence-corrected chi connectivity index (χ4v) is 1.40. The number of pyridine rings is 1. The second-order valence-electron chi connectivity index (χ2n) is 4.67. The van der Waals surface area contributed by atoms with E-state index in [1.54, 1.807) is 6.07 Å². The maximum absolute atomic E-state index is 11.8. The molecule has 1 heterocycles. The number of nitrogens with two attached hydrogens (primary N) is 1. The molecule has 1 aromatic heterocycles. The summed E-state index contributed by atoms with van der Waals surface area (Å²) in [6, 6.07) is 1.55. The molecule has 2 amide bonds. The predicted molar refractivity (Wildman–Crippen MR) is 73.4 cm³/mol. The number of nitrogens with zero attached hydrogens (tertiary/aromatic N) is 1. The van der Waals surface area contributed by atoms with Crippen LogP contribution in [0.25, 0.3) is 0 Å². The van der Waals surface area contributed by atoms with Crippen LogP contribution in [0.1, 0.15) is 30.6 Å². The molecule has 0 aliphatic carbocycles. The molecule has 0 aromatic carbocycles. The molecule has 0 radical (unpaired) electrons. The van der Waals surface area contributed by atoms with E-state index in [-0.39, 0.29) is 24.8 Å². The first kappa shape index (κ1) is 14.9. The minimum absolute atomic E-state index is 0.0725. The minimum atomic E-state index is -0.295. The Kier molecular flexibility index (Phi) is 5.78. The van der Waals surface area contributed by atoms with Gasteiger partial charge in [0.25, 0.3) is 5.91 Å². The van der Waals surface area contributed by atoms with E-state index in [0.29, 0.717) is 23.7 Å². The first-order chi connectivity index (χ1) is 9.00. The average Bonchev–Trinajstić information content (AvgIpc) is 2.36. The van der Waals surface area contributed by atoms with Crippen molar-refractivity contribution in [3.8, 4) is 0 Å². The number of rotatable bonds is 6. The maximum Gasteiger partial charge on any atom is 0.253 e. The maximum atomic E-state index is 11.8. The Labute approximate surface area is 112 Å². The second kappa shape index (κ2) is 7.35. The van der Waals surface area contributed by atoms with Gasteiger partial charge in [0, 0.05) is 25.7 Å². The zero-order valence-electron chi connectivity index (χ0n) is 11.3. The van der Waals surface area contributed by atoms with Crippen molar-refractivity contribution < 1.29 is 9.59 Å². The van der Waals surface area contributed by atoms with Gasteiger partial charge in [0.15, 0.2) is 0 Å². The van der Waals surface area contributed by atoms with Crippen LogP contribution in [0.4, 0.5) is 5.69 Å². The number of amides is 2. The van der Waals surface area contributed by atoms with E-state index in [9.17, 15) is 9.59 Å². The number of aromatic nitrogens is 1. The summed E-state index contributed by atoms with van der Waals surface area (Å²) in [6.07, 6.45) is 3.17. The molecule has 0 bridgehead atoms. The van der Waals surface area contributed by atoms with Gasteiger partial charge in [-0.25, -0.2) is 0 Å². The van der Waals surface area contributed by atoms with Gasteiger partial charge in [-0.15, -0.1) is 0 Å². The minimum Gasteiger partial charge on any atom is -0.397 e. The van der Waals surface area contributed by atoms with E-state index in [1.807, 2.05) is 13.8 Å². The Bertz CT molecular complexity index is 446. The molecule has 6 heteroatoms. The van der Waals surface area contributed by atoms with E-state index in [2.05, 4.69) is 15.6 Å². The van der Waals surface area contributed by atoms with Crippen molar-refractivity contribution in [1.29, 1.82) is 0 Å². The predicted octanol–water partition coefficient (Wildman–Crippen LogP) is 0.556. The molecule has 1 rings (SSSR count). The first-order valence-corrected chi connectivity index (χ1v) is 6.25. The Hall–Kier alpha value is -2.11. The summed E-state index contributed by atoms with van der Waals surface area (Å²) in [5.74, 6) is 0.0448. The number of hydrogen-bond donors (Lipinski definition) is 3. The van der Waals surface area contributed by atoms with E-state index in [1.165, 1.54) is 12.4 Å². The van der Waals surface area contributed by atoms with Crippen LogP contribution in [-0.2, 0) is 4.79 Å². The van der Waals surface area contributed by atoms with Crippen molar-refractivity contribution in [3.63, 3.8) is 0 Å². The highest BCUT2D eigenvalue weighted by Gasteiger charge is 2.09. The summed E-state index contributed by atoms with van der Waals surface area (Å²) >= 11 is 0. The highest BCUT2D eigenvalue weighted by Crippen LogP contribution is 2.07. The smallest absolute Gasteiger partial charge is 0.253 e. The fourth-order valence-electron chi connectivity index (χ4n) is 1.40. The van der Waals surface area contributed by atoms with Gasteiger partial charge in [0.1, 0.15) is 0 Å². The number of carbonyl (C=O) groups is 2. The highest BCUT2D eigenvalue weighted by atomic mass is 16.2. The van der Waals surface area contributed by atoms with E-state index in [4.69, 9.17) is 5.73 Å². The Morgan fingerprint density at radius 2 is 2.11 bits per heavy atom. The molecule has 19 heavy (non-hydrogen) atoms. The lowest BCUT2D eigenvalue weighted by atomic mass is 10.2. The van der Waals surface area contributed by atoms with Gasteiger partial charge in [-0.1, -0.05) is 13.8 Å². The molecule has 0 aliphatic rings. The van der Waals surface area contributed by atoms with Gasteiger partial charge in [0.2, 0.25) is 5.91 Å². The van der Waals surface area contributed by atoms with Crippen LogP contribution in [0.3, 0.4) is 0 Å². The van der Waals surface area contributed by atoms with Crippen LogP contribution in [0, 0.1) is 5.92 Å². The third-order valence-electron chi connectivity index (χ3n) is 2.44. The van der Waals surface area contributed by atoms with Crippen LogP contribution in [0.2, 0.25) is 0 Å². The van der Waals surface area contributed by atoms with Crippen LogP contribution in [0.5, 0.6) is 0 Å². The van der Waals surface area contributed by atoms with Gasteiger partial charge >= 0.3 is 0 Å². The van der Waals surface area contributed by atoms with E-state index >= 15 is 0 Å². The number of carbonyl (C=O) groups excluding carboxylic acids is 2. The Morgan fingerprint density at radius 1 is 1.37 bits per heavy atom. The van der Waals surface area contributed by atoms with Gasteiger partial charge in [-0.05, 0) is 12.0 Å². The molecule has 0 saturated carbocycles. The molecule has 4 N–H and O–H groups in total. The Morgan fingerprint density at radius 3 is 2.74 bits per heavy atom. The van der Waals surface area contributed by atoms with E-state index in [0.717, 1.165) is 0 Å². The standard InChI is InChI=1S/C13H20N4O2/c1-9(2)7-17-12(18)4-6-16-13(19)10-3-5-15-8-11(10)14/h3,5,8-9H,4,6-7,14H2,1-2H3,(H,16,19)(H,17,18). The third kappa shape index (κ3) is 5.37. The third-order valence-corrected chi connectivity index (χ3v) is 2.44.